The molecular formula is C12H18O2. The standard InChI is InChI=1S/C12H18O2/c1-2-3-9-11(13)12(14)10-7-5-4-6-8-10/h1,10,12,14H,3-9H2. The van der Waals surface area contributed by atoms with Crippen LogP contribution in [0, 0.1) is 18.3 Å². The van der Waals surface area contributed by atoms with Crippen LogP contribution in [0.3, 0.4) is 0 Å². The van der Waals surface area contributed by atoms with Gasteiger partial charge in [-0.2, -0.15) is 0 Å². The molecule has 1 atom stereocenters. The summed E-state index contributed by atoms with van der Waals surface area (Å²) < 4.78 is 0. The summed E-state index contributed by atoms with van der Waals surface area (Å²) in [4.78, 5) is 11.5. The molecule has 0 bridgehead atoms. The Morgan fingerprint density at radius 2 is 2.07 bits per heavy atom. The fourth-order valence-electron chi connectivity index (χ4n) is 2.06. The molecule has 78 valence electrons. The van der Waals surface area contributed by atoms with E-state index in [-0.39, 0.29) is 11.7 Å². The second-order valence-corrected chi connectivity index (χ2v) is 4.01. The van der Waals surface area contributed by atoms with E-state index >= 15 is 0 Å². The van der Waals surface area contributed by atoms with Gasteiger partial charge in [0, 0.05) is 12.8 Å². The third-order valence-electron chi connectivity index (χ3n) is 2.94. The first kappa shape index (κ1) is 11.3. The molecule has 0 aromatic heterocycles. The molecule has 0 aromatic rings. The first-order valence-electron chi connectivity index (χ1n) is 5.40. The first-order chi connectivity index (χ1) is 6.75. The van der Waals surface area contributed by atoms with E-state index in [0.29, 0.717) is 12.8 Å². The van der Waals surface area contributed by atoms with Crippen LogP contribution < -0.4 is 0 Å². The van der Waals surface area contributed by atoms with Crippen molar-refractivity contribution in [1.82, 2.24) is 0 Å². The number of rotatable bonds is 4. The van der Waals surface area contributed by atoms with E-state index < -0.39 is 6.10 Å². The maximum absolute atomic E-state index is 11.5. The second kappa shape index (κ2) is 5.82. The average Bonchev–Trinajstić information content (AvgIpc) is 2.26. The monoisotopic (exact) mass is 194 g/mol. The Morgan fingerprint density at radius 3 is 2.64 bits per heavy atom. The number of aliphatic hydroxyl groups is 1. The molecule has 14 heavy (non-hydrogen) atoms. The van der Waals surface area contributed by atoms with Gasteiger partial charge in [0.05, 0.1) is 0 Å². The summed E-state index contributed by atoms with van der Waals surface area (Å²) in [6, 6.07) is 0. The predicted molar refractivity (Wildman–Crippen MR) is 55.7 cm³/mol. The molecule has 1 unspecified atom stereocenters. The Morgan fingerprint density at radius 1 is 1.43 bits per heavy atom. The van der Waals surface area contributed by atoms with Crippen LogP contribution in [-0.4, -0.2) is 17.0 Å². The zero-order valence-corrected chi connectivity index (χ0v) is 8.54. The fourth-order valence-corrected chi connectivity index (χ4v) is 2.06. The smallest absolute Gasteiger partial charge is 0.162 e. The quantitative estimate of drug-likeness (QED) is 0.694. The molecule has 0 aromatic carbocycles. The van der Waals surface area contributed by atoms with Gasteiger partial charge in [-0.05, 0) is 18.8 Å². The van der Waals surface area contributed by atoms with Crippen LogP contribution in [0.5, 0.6) is 0 Å². The molecule has 1 rings (SSSR count). The van der Waals surface area contributed by atoms with Crippen LogP contribution in [0.15, 0.2) is 0 Å². The molecule has 1 aliphatic carbocycles. The van der Waals surface area contributed by atoms with Gasteiger partial charge >= 0.3 is 0 Å². The summed E-state index contributed by atoms with van der Waals surface area (Å²) >= 11 is 0. The summed E-state index contributed by atoms with van der Waals surface area (Å²) in [5, 5.41) is 9.75. The molecule has 1 N–H and O–H groups in total. The van der Waals surface area contributed by atoms with Gasteiger partial charge in [0.1, 0.15) is 6.10 Å². The minimum atomic E-state index is -0.761. The Bertz CT molecular complexity index is 221. The number of carbonyl (C=O) groups excluding carboxylic acids is 1. The van der Waals surface area contributed by atoms with Gasteiger partial charge in [-0.3, -0.25) is 4.79 Å². The molecule has 0 heterocycles. The molecule has 0 radical (unpaired) electrons. The average molecular weight is 194 g/mol. The van der Waals surface area contributed by atoms with Crippen molar-refractivity contribution in [3.8, 4) is 12.3 Å². The number of hydrogen-bond acceptors (Lipinski definition) is 2. The van der Waals surface area contributed by atoms with Crippen LogP contribution in [0.25, 0.3) is 0 Å². The molecule has 1 fully saturated rings. The van der Waals surface area contributed by atoms with Crippen LogP contribution >= 0.6 is 0 Å². The van der Waals surface area contributed by atoms with Gasteiger partial charge in [0.2, 0.25) is 0 Å². The van der Waals surface area contributed by atoms with Gasteiger partial charge in [-0.25, -0.2) is 0 Å². The number of aliphatic hydroxyl groups excluding tert-OH is 1. The van der Waals surface area contributed by atoms with E-state index in [0.717, 1.165) is 25.7 Å². The van der Waals surface area contributed by atoms with E-state index in [2.05, 4.69) is 5.92 Å². The summed E-state index contributed by atoms with van der Waals surface area (Å²) in [6.45, 7) is 0. The van der Waals surface area contributed by atoms with E-state index in [1.54, 1.807) is 0 Å². The maximum Gasteiger partial charge on any atom is 0.162 e. The van der Waals surface area contributed by atoms with E-state index in [1.165, 1.54) is 6.42 Å². The predicted octanol–water partition coefficient (Wildman–Crippen LogP) is 1.91. The summed E-state index contributed by atoms with van der Waals surface area (Å²) in [6.07, 6.45) is 10.6. The molecule has 0 amide bonds. The van der Waals surface area contributed by atoms with Crippen molar-refractivity contribution in [3.63, 3.8) is 0 Å². The lowest BCUT2D eigenvalue weighted by Gasteiger charge is -2.25. The third-order valence-corrected chi connectivity index (χ3v) is 2.94. The number of hydrogen-bond donors (Lipinski definition) is 1. The van der Waals surface area contributed by atoms with Crippen molar-refractivity contribution in [2.75, 3.05) is 0 Å². The van der Waals surface area contributed by atoms with Crippen LogP contribution in [0.1, 0.15) is 44.9 Å². The minimum Gasteiger partial charge on any atom is -0.385 e. The van der Waals surface area contributed by atoms with Crippen LogP contribution in [0.2, 0.25) is 0 Å². The normalized spacial score (nSPS) is 20.0. The van der Waals surface area contributed by atoms with Gasteiger partial charge in [0.15, 0.2) is 5.78 Å². The highest BCUT2D eigenvalue weighted by Gasteiger charge is 2.26. The number of terminal acetylenes is 1. The highest BCUT2D eigenvalue weighted by molar-refractivity contribution is 5.83. The van der Waals surface area contributed by atoms with E-state index in [9.17, 15) is 9.90 Å². The van der Waals surface area contributed by atoms with Crippen LogP contribution in [0.4, 0.5) is 0 Å². The molecule has 2 nitrogen and oxygen atoms in total. The highest BCUT2D eigenvalue weighted by atomic mass is 16.3. The lowest BCUT2D eigenvalue weighted by atomic mass is 9.83. The van der Waals surface area contributed by atoms with Gasteiger partial charge in [-0.15, -0.1) is 12.3 Å². The largest absolute Gasteiger partial charge is 0.385 e. The zero-order chi connectivity index (χ0) is 10.4. The maximum atomic E-state index is 11.5. The van der Waals surface area contributed by atoms with E-state index in [4.69, 9.17) is 6.42 Å². The molecule has 1 saturated carbocycles. The van der Waals surface area contributed by atoms with Crippen molar-refractivity contribution < 1.29 is 9.90 Å². The number of ketones is 1. The van der Waals surface area contributed by atoms with Crippen molar-refractivity contribution in [2.24, 2.45) is 5.92 Å². The molecule has 0 aliphatic heterocycles. The third kappa shape index (κ3) is 3.16. The zero-order valence-electron chi connectivity index (χ0n) is 8.54. The Balaban J connectivity index is 2.35. The second-order valence-electron chi connectivity index (χ2n) is 4.01. The van der Waals surface area contributed by atoms with Crippen molar-refractivity contribution in [3.05, 3.63) is 0 Å². The van der Waals surface area contributed by atoms with Crippen molar-refractivity contribution >= 4 is 5.78 Å². The molecule has 2 heteroatoms. The number of Topliss-reactive ketones (excluding diaryl/α,β-unsaturated/α-hetero) is 1. The SMILES string of the molecule is C#CCCC(=O)C(O)C1CCCCC1. The Kier molecular flexibility index (Phi) is 4.69. The minimum absolute atomic E-state index is 0.0742. The lowest BCUT2D eigenvalue weighted by molar-refractivity contribution is -0.130. The van der Waals surface area contributed by atoms with E-state index in [1.807, 2.05) is 0 Å². The first-order valence-corrected chi connectivity index (χ1v) is 5.40. The highest BCUT2D eigenvalue weighted by Crippen LogP contribution is 2.27. The Hall–Kier alpha value is -0.810. The summed E-state index contributed by atoms with van der Waals surface area (Å²) in [5.74, 6) is 2.54. The van der Waals surface area contributed by atoms with Crippen molar-refractivity contribution in [1.29, 1.82) is 0 Å². The van der Waals surface area contributed by atoms with Crippen molar-refractivity contribution in [2.45, 2.75) is 51.0 Å². The topological polar surface area (TPSA) is 37.3 Å². The van der Waals surface area contributed by atoms with Crippen LogP contribution in [-0.2, 0) is 4.79 Å². The lowest BCUT2D eigenvalue weighted by Crippen LogP contribution is -2.30. The molecule has 0 saturated heterocycles. The number of carbonyl (C=O) groups is 1. The fraction of sp³-hybridized carbons (Fsp3) is 0.750. The summed E-state index contributed by atoms with van der Waals surface area (Å²) in [7, 11) is 0. The van der Waals surface area contributed by atoms with Gasteiger partial charge in [-0.1, -0.05) is 19.3 Å². The molecule has 1 aliphatic rings. The Labute approximate surface area is 85.7 Å². The van der Waals surface area contributed by atoms with Gasteiger partial charge in [0.25, 0.3) is 0 Å². The van der Waals surface area contributed by atoms with Gasteiger partial charge < -0.3 is 5.11 Å². The molecule has 0 spiro atoms. The summed E-state index contributed by atoms with van der Waals surface area (Å²) in [5.41, 5.74) is 0. The molecular weight excluding hydrogens is 176 g/mol.